The number of hydrogen-bond donors (Lipinski definition) is 3. The van der Waals surface area contributed by atoms with Crippen LogP contribution in [-0.4, -0.2) is 25.5 Å². The van der Waals surface area contributed by atoms with Gasteiger partial charge in [0, 0.05) is 16.9 Å². The summed E-state index contributed by atoms with van der Waals surface area (Å²) in [6, 6.07) is 15.1. The second-order valence-electron chi connectivity index (χ2n) is 8.16. The molecule has 4 nitrogen and oxygen atoms in total. The van der Waals surface area contributed by atoms with E-state index >= 15 is 0 Å². The van der Waals surface area contributed by atoms with Crippen LogP contribution in [0.25, 0.3) is 0 Å². The van der Waals surface area contributed by atoms with Crippen LogP contribution in [0.3, 0.4) is 0 Å². The average Bonchev–Trinajstić information content (AvgIpc) is 2.71. The van der Waals surface area contributed by atoms with Crippen molar-refractivity contribution in [2.24, 2.45) is 0 Å². The van der Waals surface area contributed by atoms with E-state index in [1.807, 2.05) is 25.1 Å². The minimum atomic E-state index is -0.0171. The summed E-state index contributed by atoms with van der Waals surface area (Å²) in [6.45, 7) is 5.36. The Morgan fingerprint density at radius 2 is 1.71 bits per heavy atom. The molecule has 1 amide bonds. The molecule has 0 radical (unpaired) electrons. The third-order valence-electron chi connectivity index (χ3n) is 6.11. The molecule has 0 spiro atoms. The van der Waals surface area contributed by atoms with E-state index < -0.39 is 0 Å². The standard InChI is InChI=1S/C24H33N3O/c1-18-10-9-15-22(19(18)2)26-24(28)16-25-23-14-8-7-11-20(23)17-27(3)21-12-5-4-6-13-21/h7-11,14-15,21,25H,4-6,12-13,16-17H2,1-3H3,(H,26,28)/p+1. The number of hydrogen-bond acceptors (Lipinski definition) is 2. The summed E-state index contributed by atoms with van der Waals surface area (Å²) in [5.74, 6) is -0.0171. The molecule has 0 aliphatic heterocycles. The summed E-state index contributed by atoms with van der Waals surface area (Å²) in [5, 5.41) is 6.38. The first-order valence-corrected chi connectivity index (χ1v) is 10.5. The third kappa shape index (κ3) is 5.35. The Bertz CT molecular complexity index is 796. The van der Waals surface area contributed by atoms with Crippen LogP contribution in [0, 0.1) is 13.8 Å². The molecule has 0 aromatic heterocycles. The van der Waals surface area contributed by atoms with Gasteiger partial charge in [0.2, 0.25) is 5.91 Å². The molecule has 150 valence electrons. The zero-order valence-corrected chi connectivity index (χ0v) is 17.5. The number of quaternary nitrogens is 1. The molecule has 1 saturated carbocycles. The van der Waals surface area contributed by atoms with E-state index in [2.05, 4.69) is 48.9 Å². The first kappa shape index (κ1) is 20.4. The first-order chi connectivity index (χ1) is 13.5. The normalized spacial score (nSPS) is 15.8. The molecule has 1 fully saturated rings. The first-order valence-electron chi connectivity index (χ1n) is 10.5. The van der Waals surface area contributed by atoms with E-state index in [-0.39, 0.29) is 12.5 Å². The molecule has 0 bridgehead atoms. The van der Waals surface area contributed by atoms with Crippen LogP contribution >= 0.6 is 0 Å². The van der Waals surface area contributed by atoms with Gasteiger partial charge in [0.1, 0.15) is 6.54 Å². The Morgan fingerprint density at radius 3 is 2.50 bits per heavy atom. The third-order valence-corrected chi connectivity index (χ3v) is 6.11. The van der Waals surface area contributed by atoms with Gasteiger partial charge in [-0.25, -0.2) is 0 Å². The minimum absolute atomic E-state index is 0.0171. The van der Waals surface area contributed by atoms with Gasteiger partial charge >= 0.3 is 0 Å². The SMILES string of the molecule is Cc1cccc(NC(=O)CNc2ccccc2C[NH+](C)C2CCCCC2)c1C. The molecule has 3 N–H and O–H groups in total. The van der Waals surface area contributed by atoms with Crippen molar-refractivity contribution in [3.8, 4) is 0 Å². The Labute approximate surface area is 169 Å². The highest BCUT2D eigenvalue weighted by molar-refractivity contribution is 5.94. The predicted molar refractivity (Wildman–Crippen MR) is 117 cm³/mol. The largest absolute Gasteiger partial charge is 0.376 e. The van der Waals surface area contributed by atoms with Gasteiger partial charge in [-0.1, -0.05) is 36.8 Å². The van der Waals surface area contributed by atoms with E-state index in [1.54, 1.807) is 4.90 Å². The summed E-state index contributed by atoms with van der Waals surface area (Å²) in [5.41, 5.74) is 5.54. The highest BCUT2D eigenvalue weighted by Crippen LogP contribution is 2.19. The van der Waals surface area contributed by atoms with Crippen molar-refractivity contribution >= 4 is 17.3 Å². The van der Waals surface area contributed by atoms with Gasteiger partial charge in [0.15, 0.2) is 0 Å². The number of carbonyl (C=O) groups excluding carboxylic acids is 1. The van der Waals surface area contributed by atoms with Crippen molar-refractivity contribution < 1.29 is 9.69 Å². The number of anilines is 2. The predicted octanol–water partition coefficient (Wildman–Crippen LogP) is 3.70. The summed E-state index contributed by atoms with van der Waals surface area (Å²) in [6.07, 6.45) is 6.78. The van der Waals surface area contributed by atoms with Crippen molar-refractivity contribution in [1.82, 2.24) is 0 Å². The molecule has 1 aliphatic carbocycles. The lowest BCUT2D eigenvalue weighted by molar-refractivity contribution is -0.921. The fourth-order valence-electron chi connectivity index (χ4n) is 4.14. The highest BCUT2D eigenvalue weighted by atomic mass is 16.1. The summed E-state index contributed by atoms with van der Waals surface area (Å²) < 4.78 is 0. The van der Waals surface area contributed by atoms with Crippen molar-refractivity contribution in [3.63, 3.8) is 0 Å². The maximum Gasteiger partial charge on any atom is 0.243 e. The Kier molecular flexibility index (Phi) is 7.10. The molecule has 2 aromatic rings. The smallest absolute Gasteiger partial charge is 0.243 e. The zero-order valence-electron chi connectivity index (χ0n) is 17.5. The van der Waals surface area contributed by atoms with Crippen LogP contribution in [0.2, 0.25) is 0 Å². The van der Waals surface area contributed by atoms with Gasteiger partial charge in [-0.2, -0.15) is 0 Å². The number of amides is 1. The number of aryl methyl sites for hydroxylation is 1. The van der Waals surface area contributed by atoms with Gasteiger partial charge in [0.25, 0.3) is 0 Å². The van der Waals surface area contributed by atoms with Gasteiger partial charge in [-0.15, -0.1) is 0 Å². The highest BCUT2D eigenvalue weighted by Gasteiger charge is 2.22. The number of carbonyl (C=O) groups is 1. The summed E-state index contributed by atoms with van der Waals surface area (Å²) >= 11 is 0. The number of rotatable bonds is 7. The van der Waals surface area contributed by atoms with Crippen LogP contribution in [0.4, 0.5) is 11.4 Å². The van der Waals surface area contributed by atoms with Crippen molar-refractivity contribution in [1.29, 1.82) is 0 Å². The molecule has 0 saturated heterocycles. The Morgan fingerprint density at radius 1 is 1.00 bits per heavy atom. The molecule has 1 unspecified atom stereocenters. The monoisotopic (exact) mass is 380 g/mol. The molecule has 2 aromatic carbocycles. The molecule has 1 atom stereocenters. The van der Waals surface area contributed by atoms with Crippen molar-refractivity contribution in [3.05, 3.63) is 59.2 Å². The minimum Gasteiger partial charge on any atom is -0.376 e. The molecule has 1 aliphatic rings. The fourth-order valence-corrected chi connectivity index (χ4v) is 4.14. The molecule has 3 rings (SSSR count). The van der Waals surface area contributed by atoms with Crippen LogP contribution in [0.5, 0.6) is 0 Å². The molecule has 28 heavy (non-hydrogen) atoms. The van der Waals surface area contributed by atoms with E-state index in [0.717, 1.165) is 29.5 Å². The lowest BCUT2D eigenvalue weighted by atomic mass is 9.94. The maximum absolute atomic E-state index is 12.5. The second kappa shape index (κ2) is 9.74. The number of nitrogens with one attached hydrogen (secondary N) is 3. The lowest BCUT2D eigenvalue weighted by Gasteiger charge is -2.28. The van der Waals surface area contributed by atoms with Gasteiger partial charge in [-0.05, 0) is 62.8 Å². The zero-order chi connectivity index (χ0) is 19.9. The van der Waals surface area contributed by atoms with Crippen LogP contribution < -0.4 is 15.5 Å². The Balaban J connectivity index is 1.58. The summed E-state index contributed by atoms with van der Waals surface area (Å²) in [4.78, 5) is 14.0. The summed E-state index contributed by atoms with van der Waals surface area (Å²) in [7, 11) is 2.31. The van der Waals surface area contributed by atoms with Gasteiger partial charge in [0.05, 0.1) is 19.6 Å². The maximum atomic E-state index is 12.5. The van der Waals surface area contributed by atoms with Gasteiger partial charge < -0.3 is 15.5 Å². The topological polar surface area (TPSA) is 45.6 Å². The lowest BCUT2D eigenvalue weighted by Crippen LogP contribution is -3.11. The molecule has 4 heteroatoms. The van der Waals surface area contributed by atoms with Crippen LogP contribution in [-0.2, 0) is 11.3 Å². The van der Waals surface area contributed by atoms with Crippen LogP contribution in [0.1, 0.15) is 48.8 Å². The molecule has 0 heterocycles. The van der Waals surface area contributed by atoms with Crippen molar-refractivity contribution in [2.45, 2.75) is 58.5 Å². The van der Waals surface area contributed by atoms with E-state index in [1.165, 1.54) is 43.2 Å². The Hall–Kier alpha value is -2.33. The molecular weight excluding hydrogens is 346 g/mol. The number of para-hydroxylation sites is 1. The average molecular weight is 381 g/mol. The number of benzene rings is 2. The van der Waals surface area contributed by atoms with E-state index in [0.29, 0.717) is 0 Å². The quantitative estimate of drug-likeness (QED) is 0.686. The fraction of sp³-hybridized carbons (Fsp3) is 0.458. The van der Waals surface area contributed by atoms with Crippen molar-refractivity contribution in [2.75, 3.05) is 24.2 Å². The second-order valence-corrected chi connectivity index (χ2v) is 8.16. The molecular formula is C24H34N3O+. The van der Waals surface area contributed by atoms with Crippen LogP contribution in [0.15, 0.2) is 42.5 Å². The van der Waals surface area contributed by atoms with Gasteiger partial charge in [-0.3, -0.25) is 4.79 Å². The van der Waals surface area contributed by atoms with E-state index in [4.69, 9.17) is 0 Å². The van der Waals surface area contributed by atoms with E-state index in [9.17, 15) is 4.79 Å².